The third-order valence-corrected chi connectivity index (χ3v) is 0.739. The summed E-state index contributed by atoms with van der Waals surface area (Å²) in [7, 11) is 0. The second-order valence-corrected chi connectivity index (χ2v) is 1.31. The number of halogens is 1. The van der Waals surface area contributed by atoms with Gasteiger partial charge in [0.15, 0.2) is 5.75 Å². The van der Waals surface area contributed by atoms with E-state index in [9.17, 15) is 4.39 Å². The fourth-order valence-electron chi connectivity index (χ4n) is 0.378. The van der Waals surface area contributed by atoms with Gasteiger partial charge in [-0.2, -0.15) is 4.39 Å². The highest BCUT2D eigenvalue weighted by molar-refractivity contribution is 5.14. The van der Waals surface area contributed by atoms with Gasteiger partial charge in [0.05, 0.1) is 0 Å². The Labute approximate surface area is 51.1 Å². The van der Waals surface area contributed by atoms with E-state index in [1.165, 1.54) is 18.3 Å². The lowest BCUT2D eigenvalue weighted by molar-refractivity contribution is 0.419. The minimum Gasteiger partial charge on any atom is -0.504 e. The molecule has 0 aliphatic carbocycles. The van der Waals surface area contributed by atoms with Gasteiger partial charge < -0.3 is 10.6 Å². The molecule has 3 nitrogen and oxygen atoms in total. The molecule has 0 fully saturated rings. The molecule has 0 aliphatic heterocycles. The van der Waals surface area contributed by atoms with Crippen LogP contribution in [0.4, 0.5) is 4.39 Å². The summed E-state index contributed by atoms with van der Waals surface area (Å²) in [6, 6.07) is 2.70. The summed E-state index contributed by atoms with van der Waals surface area (Å²) in [6.45, 7) is 0. The number of nitrogens with zero attached hydrogens (tertiary/aromatic N) is 1. The number of hydrogen-bond acceptors (Lipinski definition) is 2. The molecule has 0 bridgehead atoms. The van der Waals surface area contributed by atoms with Crippen LogP contribution in [0.5, 0.6) is 5.75 Å². The van der Waals surface area contributed by atoms with Crippen LogP contribution in [0.1, 0.15) is 0 Å². The summed E-state index contributed by atoms with van der Waals surface area (Å²) < 4.78 is 12.0. The summed E-state index contributed by atoms with van der Waals surface area (Å²) in [4.78, 5) is 3.16. The van der Waals surface area contributed by atoms with Gasteiger partial charge in [-0.3, -0.25) is 0 Å². The predicted octanol–water partition coefficient (Wildman–Crippen LogP) is 0.102. The van der Waals surface area contributed by atoms with Crippen molar-refractivity contribution in [1.29, 1.82) is 0 Å². The highest BCUT2D eigenvalue weighted by Gasteiger charge is 1.94. The zero-order chi connectivity index (χ0) is 5.98. The summed E-state index contributed by atoms with van der Waals surface area (Å²) in [5, 5.41) is 8.48. The third-order valence-electron chi connectivity index (χ3n) is 0.739. The quantitative estimate of drug-likeness (QED) is 0.507. The van der Waals surface area contributed by atoms with Crippen LogP contribution >= 0.6 is 0 Å². The lowest BCUT2D eigenvalue weighted by Gasteiger charge is -1.87. The molecule has 0 aromatic carbocycles. The second kappa shape index (κ2) is 2.99. The molecular formula is C5H6FNO2. The fraction of sp³-hybridized carbons (Fsp3) is 0. The lowest BCUT2D eigenvalue weighted by atomic mass is 10.5. The molecule has 0 radical (unpaired) electrons. The van der Waals surface area contributed by atoms with Crippen LogP contribution < -0.4 is 0 Å². The molecule has 50 valence electrons. The van der Waals surface area contributed by atoms with Gasteiger partial charge in [-0.05, 0) is 12.1 Å². The zero-order valence-corrected chi connectivity index (χ0v) is 4.50. The van der Waals surface area contributed by atoms with Crippen LogP contribution in [0, 0.1) is 5.95 Å². The molecule has 0 amide bonds. The maximum atomic E-state index is 12.0. The highest BCUT2D eigenvalue weighted by atomic mass is 19.1. The van der Waals surface area contributed by atoms with E-state index in [-0.39, 0.29) is 5.48 Å². The van der Waals surface area contributed by atoms with Gasteiger partial charge in [-0.15, -0.1) is 0 Å². The molecule has 0 unspecified atom stereocenters. The average Bonchev–Trinajstić information content (AvgIpc) is 1.77. The van der Waals surface area contributed by atoms with Gasteiger partial charge in [0, 0.05) is 6.20 Å². The summed E-state index contributed by atoms with van der Waals surface area (Å²) in [5.74, 6) is -1.24. The van der Waals surface area contributed by atoms with Gasteiger partial charge in [0.2, 0.25) is 0 Å². The maximum Gasteiger partial charge on any atom is 0.254 e. The Hall–Kier alpha value is -1.16. The van der Waals surface area contributed by atoms with Crippen LogP contribution in [0.2, 0.25) is 0 Å². The smallest absolute Gasteiger partial charge is 0.254 e. The SMILES string of the molecule is O.Oc1cccnc1F. The molecule has 0 atom stereocenters. The minimum atomic E-state index is -0.826. The Morgan fingerprint density at radius 1 is 1.56 bits per heavy atom. The van der Waals surface area contributed by atoms with Crippen molar-refractivity contribution in [3.8, 4) is 5.75 Å². The number of hydrogen-bond donors (Lipinski definition) is 1. The minimum absolute atomic E-state index is 0. The largest absolute Gasteiger partial charge is 0.504 e. The van der Waals surface area contributed by atoms with Crippen molar-refractivity contribution in [2.45, 2.75) is 0 Å². The summed E-state index contributed by atoms with van der Waals surface area (Å²) in [6.07, 6.45) is 1.27. The van der Waals surface area contributed by atoms with E-state index in [1.54, 1.807) is 0 Å². The van der Waals surface area contributed by atoms with Crippen molar-refractivity contribution in [3.05, 3.63) is 24.3 Å². The van der Waals surface area contributed by atoms with Crippen molar-refractivity contribution < 1.29 is 15.0 Å². The molecule has 0 saturated heterocycles. The van der Waals surface area contributed by atoms with Gasteiger partial charge in [0.25, 0.3) is 5.95 Å². The Balaban J connectivity index is 0.000000640. The van der Waals surface area contributed by atoms with Crippen LogP contribution in [0.25, 0.3) is 0 Å². The average molecular weight is 131 g/mol. The summed E-state index contributed by atoms with van der Waals surface area (Å²) in [5.41, 5.74) is 0. The number of aromatic nitrogens is 1. The molecular weight excluding hydrogens is 125 g/mol. The van der Waals surface area contributed by atoms with E-state index < -0.39 is 11.7 Å². The van der Waals surface area contributed by atoms with Crippen molar-refractivity contribution in [1.82, 2.24) is 4.98 Å². The molecule has 3 N–H and O–H groups in total. The third kappa shape index (κ3) is 1.65. The first-order valence-corrected chi connectivity index (χ1v) is 2.10. The van der Waals surface area contributed by atoms with Crippen molar-refractivity contribution in [3.63, 3.8) is 0 Å². The standard InChI is InChI=1S/C5H4FNO.H2O/c6-5-4(8)2-1-3-7-5;/h1-3,8H;1H2. The van der Waals surface area contributed by atoms with E-state index >= 15 is 0 Å². The van der Waals surface area contributed by atoms with Gasteiger partial charge in [-0.25, -0.2) is 4.98 Å². The van der Waals surface area contributed by atoms with Crippen LogP contribution in [0.3, 0.4) is 0 Å². The van der Waals surface area contributed by atoms with E-state index in [4.69, 9.17) is 5.11 Å². The molecule has 0 aliphatic rings. The summed E-state index contributed by atoms with van der Waals surface area (Å²) >= 11 is 0. The van der Waals surface area contributed by atoms with Crippen LogP contribution in [-0.2, 0) is 0 Å². The molecule has 0 saturated carbocycles. The van der Waals surface area contributed by atoms with E-state index in [0.29, 0.717) is 0 Å². The van der Waals surface area contributed by atoms with Crippen molar-refractivity contribution in [2.75, 3.05) is 0 Å². The second-order valence-electron chi connectivity index (χ2n) is 1.31. The highest BCUT2D eigenvalue weighted by Crippen LogP contribution is 2.08. The normalized spacial score (nSPS) is 8.11. The molecule has 9 heavy (non-hydrogen) atoms. The molecule has 1 heterocycles. The van der Waals surface area contributed by atoms with Gasteiger partial charge in [0.1, 0.15) is 0 Å². The number of pyridine rings is 1. The van der Waals surface area contributed by atoms with Gasteiger partial charge >= 0.3 is 0 Å². The van der Waals surface area contributed by atoms with E-state index in [2.05, 4.69) is 4.98 Å². The molecule has 4 heteroatoms. The monoisotopic (exact) mass is 131 g/mol. The predicted molar refractivity (Wildman–Crippen MR) is 29.5 cm³/mol. The first kappa shape index (κ1) is 7.84. The Kier molecular flexibility index (Phi) is 2.60. The molecule has 1 aromatic rings. The first-order valence-electron chi connectivity index (χ1n) is 2.10. The number of aromatic hydroxyl groups is 1. The van der Waals surface area contributed by atoms with Crippen LogP contribution in [0.15, 0.2) is 18.3 Å². The molecule has 0 spiro atoms. The molecule has 1 aromatic heterocycles. The Bertz CT molecular complexity index is 171. The van der Waals surface area contributed by atoms with E-state index in [0.717, 1.165) is 0 Å². The first-order chi connectivity index (χ1) is 3.80. The van der Waals surface area contributed by atoms with Crippen molar-refractivity contribution >= 4 is 0 Å². The maximum absolute atomic E-state index is 12.0. The Morgan fingerprint density at radius 2 is 2.22 bits per heavy atom. The zero-order valence-electron chi connectivity index (χ0n) is 4.50. The van der Waals surface area contributed by atoms with Crippen LogP contribution in [-0.4, -0.2) is 15.6 Å². The Morgan fingerprint density at radius 3 is 2.56 bits per heavy atom. The number of rotatable bonds is 0. The van der Waals surface area contributed by atoms with Crippen molar-refractivity contribution in [2.24, 2.45) is 0 Å². The van der Waals surface area contributed by atoms with E-state index in [1.807, 2.05) is 0 Å². The molecule has 1 rings (SSSR count). The lowest BCUT2D eigenvalue weighted by Crippen LogP contribution is -1.78. The fourth-order valence-corrected chi connectivity index (χ4v) is 0.378. The van der Waals surface area contributed by atoms with Gasteiger partial charge in [-0.1, -0.05) is 0 Å². The topological polar surface area (TPSA) is 64.6 Å².